The molecule has 0 aliphatic heterocycles. The number of rotatable bonds is 7. The zero-order valence-electron chi connectivity index (χ0n) is 15.9. The van der Waals surface area contributed by atoms with E-state index in [-0.39, 0.29) is 6.61 Å². The maximum absolute atomic E-state index is 12.0. The van der Waals surface area contributed by atoms with Crippen LogP contribution in [0.15, 0.2) is 42.5 Å². The second kappa shape index (κ2) is 9.43. The molecular weight excluding hydrogens is 346 g/mol. The lowest BCUT2D eigenvalue weighted by molar-refractivity contribution is -0.142. The van der Waals surface area contributed by atoms with Gasteiger partial charge in [-0.2, -0.15) is 0 Å². The minimum absolute atomic E-state index is 0.364. The van der Waals surface area contributed by atoms with Crippen molar-refractivity contribution in [3.05, 3.63) is 59.2 Å². The molecule has 0 aliphatic rings. The predicted octanol–water partition coefficient (Wildman–Crippen LogP) is 3.52. The summed E-state index contributed by atoms with van der Waals surface area (Å²) in [6.45, 7) is 3.44. The van der Waals surface area contributed by atoms with Gasteiger partial charge in [0.1, 0.15) is 11.5 Å². The zero-order valence-corrected chi connectivity index (χ0v) is 15.9. The number of amides is 1. The lowest BCUT2D eigenvalue weighted by Crippen LogP contribution is -2.21. The van der Waals surface area contributed by atoms with Crippen LogP contribution in [-0.2, 0) is 14.3 Å². The normalized spacial score (nSPS) is 10.5. The second-order valence-corrected chi connectivity index (χ2v) is 5.86. The highest BCUT2D eigenvalue weighted by molar-refractivity contribution is 5.95. The van der Waals surface area contributed by atoms with E-state index in [0.717, 1.165) is 16.8 Å². The first kappa shape index (κ1) is 20.0. The summed E-state index contributed by atoms with van der Waals surface area (Å²) in [5, 5.41) is 2.76. The lowest BCUT2D eigenvalue weighted by Gasteiger charge is -2.11. The number of para-hydroxylation sites is 1. The number of carbonyl (C=O) groups excluding carboxylic acids is 2. The Kier molecular flexibility index (Phi) is 7.00. The monoisotopic (exact) mass is 369 g/mol. The number of carbonyl (C=O) groups is 2. The van der Waals surface area contributed by atoms with Crippen LogP contribution < -0.4 is 14.8 Å². The van der Waals surface area contributed by atoms with Crippen molar-refractivity contribution in [1.82, 2.24) is 0 Å². The number of hydrogen-bond donors (Lipinski definition) is 1. The third-order valence-corrected chi connectivity index (χ3v) is 3.93. The lowest BCUT2D eigenvalue weighted by atomic mass is 10.1. The Labute approximate surface area is 158 Å². The highest BCUT2D eigenvalue weighted by Crippen LogP contribution is 2.25. The fourth-order valence-corrected chi connectivity index (χ4v) is 2.49. The van der Waals surface area contributed by atoms with E-state index in [1.54, 1.807) is 31.4 Å². The first-order chi connectivity index (χ1) is 12.9. The van der Waals surface area contributed by atoms with E-state index in [2.05, 4.69) is 5.32 Å². The van der Waals surface area contributed by atoms with Crippen molar-refractivity contribution in [3.63, 3.8) is 0 Å². The molecule has 1 N–H and O–H groups in total. The Hall–Kier alpha value is -3.28. The molecule has 0 atom stereocenters. The summed E-state index contributed by atoms with van der Waals surface area (Å²) in [6.07, 6.45) is 2.81. The van der Waals surface area contributed by atoms with Gasteiger partial charge in [0.15, 0.2) is 6.61 Å². The maximum atomic E-state index is 12.0. The highest BCUT2D eigenvalue weighted by Gasteiger charge is 2.09. The molecule has 0 aromatic heterocycles. The van der Waals surface area contributed by atoms with Gasteiger partial charge in [0, 0.05) is 23.4 Å². The summed E-state index contributed by atoms with van der Waals surface area (Å²) < 4.78 is 15.4. The van der Waals surface area contributed by atoms with Gasteiger partial charge in [0.05, 0.1) is 14.2 Å². The minimum atomic E-state index is -0.621. The van der Waals surface area contributed by atoms with Gasteiger partial charge in [-0.25, -0.2) is 4.79 Å². The number of methoxy groups -OCH3 is 2. The molecule has 2 rings (SSSR count). The first-order valence-electron chi connectivity index (χ1n) is 8.37. The van der Waals surface area contributed by atoms with Gasteiger partial charge >= 0.3 is 5.97 Å². The quantitative estimate of drug-likeness (QED) is 0.597. The van der Waals surface area contributed by atoms with Crippen LogP contribution >= 0.6 is 0 Å². The maximum Gasteiger partial charge on any atom is 0.331 e. The zero-order chi connectivity index (χ0) is 19.8. The van der Waals surface area contributed by atoms with Gasteiger partial charge < -0.3 is 19.5 Å². The summed E-state index contributed by atoms with van der Waals surface area (Å²) in [5.41, 5.74) is 3.31. The van der Waals surface area contributed by atoms with Crippen LogP contribution in [0.25, 0.3) is 6.08 Å². The number of hydrogen-bond acceptors (Lipinski definition) is 5. The predicted molar refractivity (Wildman–Crippen MR) is 104 cm³/mol. The topological polar surface area (TPSA) is 73.9 Å². The molecule has 0 fully saturated rings. The molecule has 0 saturated heterocycles. The van der Waals surface area contributed by atoms with Crippen molar-refractivity contribution in [2.75, 3.05) is 26.1 Å². The summed E-state index contributed by atoms with van der Waals surface area (Å²) in [6, 6.07) is 10.9. The molecule has 0 spiro atoms. The van der Waals surface area contributed by atoms with Crippen LogP contribution in [0.2, 0.25) is 0 Å². The van der Waals surface area contributed by atoms with Crippen LogP contribution in [0.4, 0.5) is 5.69 Å². The number of benzene rings is 2. The van der Waals surface area contributed by atoms with Gasteiger partial charge in [-0.1, -0.05) is 18.2 Å². The second-order valence-electron chi connectivity index (χ2n) is 5.86. The molecule has 27 heavy (non-hydrogen) atoms. The molecule has 142 valence electrons. The van der Waals surface area contributed by atoms with E-state index in [1.165, 1.54) is 13.2 Å². The van der Waals surface area contributed by atoms with Gasteiger partial charge in [-0.3, -0.25) is 4.79 Å². The Morgan fingerprint density at radius 1 is 1.04 bits per heavy atom. The average Bonchev–Trinajstić information content (AvgIpc) is 2.67. The molecule has 0 heterocycles. The van der Waals surface area contributed by atoms with Crippen molar-refractivity contribution in [2.45, 2.75) is 13.8 Å². The largest absolute Gasteiger partial charge is 0.497 e. The van der Waals surface area contributed by atoms with Crippen LogP contribution in [-0.4, -0.2) is 32.7 Å². The van der Waals surface area contributed by atoms with Crippen molar-refractivity contribution >= 4 is 23.6 Å². The standard InChI is InChI=1S/C21H23NO5/c1-14-6-5-7-15(2)21(14)22-19(23)13-27-20(24)11-9-16-8-10-17(25-3)12-18(16)26-4/h5-12H,13H2,1-4H3,(H,22,23)/b11-9+. The average molecular weight is 369 g/mol. The fraction of sp³-hybridized carbons (Fsp3) is 0.238. The number of esters is 1. The number of ether oxygens (including phenoxy) is 3. The summed E-state index contributed by atoms with van der Waals surface area (Å²) in [7, 11) is 3.09. The highest BCUT2D eigenvalue weighted by atomic mass is 16.5. The molecule has 0 saturated carbocycles. The van der Waals surface area contributed by atoms with E-state index in [4.69, 9.17) is 14.2 Å². The Morgan fingerprint density at radius 3 is 2.37 bits per heavy atom. The Morgan fingerprint density at radius 2 is 1.74 bits per heavy atom. The summed E-state index contributed by atoms with van der Waals surface area (Å²) in [5.74, 6) is 0.196. The van der Waals surface area contributed by atoms with Crippen LogP contribution in [0.5, 0.6) is 11.5 Å². The SMILES string of the molecule is COc1ccc(/C=C/C(=O)OCC(=O)Nc2c(C)cccc2C)c(OC)c1. The van der Waals surface area contributed by atoms with E-state index in [0.29, 0.717) is 17.1 Å². The van der Waals surface area contributed by atoms with Gasteiger partial charge in [-0.15, -0.1) is 0 Å². The molecule has 1 amide bonds. The Balaban J connectivity index is 1.92. The molecule has 0 bridgehead atoms. The molecular formula is C21H23NO5. The number of anilines is 1. The molecule has 2 aromatic rings. The minimum Gasteiger partial charge on any atom is -0.497 e. The van der Waals surface area contributed by atoms with Crippen molar-refractivity contribution in [2.24, 2.45) is 0 Å². The fourth-order valence-electron chi connectivity index (χ4n) is 2.49. The molecule has 0 radical (unpaired) electrons. The van der Waals surface area contributed by atoms with Crippen LogP contribution in [0, 0.1) is 13.8 Å². The molecule has 0 aliphatic carbocycles. The van der Waals surface area contributed by atoms with Gasteiger partial charge in [0.2, 0.25) is 0 Å². The third-order valence-electron chi connectivity index (χ3n) is 3.93. The van der Waals surface area contributed by atoms with Crippen molar-refractivity contribution in [3.8, 4) is 11.5 Å². The Bertz CT molecular complexity index is 837. The smallest absolute Gasteiger partial charge is 0.331 e. The van der Waals surface area contributed by atoms with Crippen LogP contribution in [0.3, 0.4) is 0 Å². The number of nitrogens with one attached hydrogen (secondary N) is 1. The number of aryl methyl sites for hydroxylation is 2. The summed E-state index contributed by atoms with van der Waals surface area (Å²) >= 11 is 0. The van der Waals surface area contributed by atoms with Crippen molar-refractivity contribution < 1.29 is 23.8 Å². The van der Waals surface area contributed by atoms with Crippen LogP contribution in [0.1, 0.15) is 16.7 Å². The van der Waals surface area contributed by atoms with E-state index in [1.807, 2.05) is 32.0 Å². The van der Waals surface area contributed by atoms with E-state index < -0.39 is 11.9 Å². The molecule has 0 unspecified atom stereocenters. The van der Waals surface area contributed by atoms with E-state index in [9.17, 15) is 9.59 Å². The molecule has 2 aromatic carbocycles. The molecule has 6 heteroatoms. The molecule has 6 nitrogen and oxygen atoms in total. The van der Waals surface area contributed by atoms with Crippen molar-refractivity contribution in [1.29, 1.82) is 0 Å². The van der Waals surface area contributed by atoms with Gasteiger partial charge in [0.25, 0.3) is 5.91 Å². The van der Waals surface area contributed by atoms with E-state index >= 15 is 0 Å². The third kappa shape index (κ3) is 5.60. The van der Waals surface area contributed by atoms with Gasteiger partial charge in [-0.05, 0) is 43.2 Å². The first-order valence-corrected chi connectivity index (χ1v) is 8.37. The summed E-state index contributed by atoms with van der Waals surface area (Å²) in [4.78, 5) is 23.9.